The third-order valence-electron chi connectivity index (χ3n) is 8.45. The zero-order valence-electron chi connectivity index (χ0n) is 23.2. The molecule has 0 unspecified atom stereocenters. The molecular weight excluding hydrogens is 500 g/mol. The van der Waals surface area contributed by atoms with Crippen LogP contribution >= 0.6 is 0 Å². The SMILES string of the molecule is CC(C)N(CCn1ncc2c(NC(=O)C34CC5CC(CC(C5)C3)C4)ncnc21)C(C)C.O=C(O)/C=C\C(=O)O. The molecule has 2 aromatic heterocycles. The van der Waals surface area contributed by atoms with Gasteiger partial charge in [-0.1, -0.05) is 0 Å². The summed E-state index contributed by atoms with van der Waals surface area (Å²) in [4.78, 5) is 44.0. The Hall–Kier alpha value is -3.34. The predicted molar refractivity (Wildman–Crippen MR) is 146 cm³/mol. The lowest BCUT2D eigenvalue weighted by Crippen LogP contribution is -2.51. The van der Waals surface area contributed by atoms with Crippen molar-refractivity contribution in [2.75, 3.05) is 11.9 Å². The van der Waals surface area contributed by atoms with Crippen LogP contribution in [0, 0.1) is 23.2 Å². The Morgan fingerprint density at radius 2 is 1.54 bits per heavy atom. The van der Waals surface area contributed by atoms with Crippen molar-refractivity contribution in [3.63, 3.8) is 0 Å². The van der Waals surface area contributed by atoms with Crippen molar-refractivity contribution < 1.29 is 24.6 Å². The molecule has 0 aromatic carbocycles. The van der Waals surface area contributed by atoms with Gasteiger partial charge in [-0.3, -0.25) is 9.69 Å². The molecular formula is C28H40N6O5. The van der Waals surface area contributed by atoms with Crippen molar-refractivity contribution in [3.05, 3.63) is 24.7 Å². The lowest BCUT2D eigenvalue weighted by molar-refractivity contribution is -0.140. The molecule has 4 aliphatic carbocycles. The highest BCUT2D eigenvalue weighted by Gasteiger charge is 2.54. The number of aromatic nitrogens is 4. The number of aliphatic carboxylic acids is 2. The highest BCUT2D eigenvalue weighted by atomic mass is 16.4. The van der Waals surface area contributed by atoms with Gasteiger partial charge in [0.05, 0.1) is 23.5 Å². The van der Waals surface area contributed by atoms with Gasteiger partial charge in [0, 0.05) is 30.8 Å². The van der Waals surface area contributed by atoms with Crippen LogP contribution in [0.5, 0.6) is 0 Å². The number of amides is 1. The number of carbonyl (C=O) groups is 3. The van der Waals surface area contributed by atoms with E-state index in [1.165, 1.54) is 19.3 Å². The molecule has 2 aromatic rings. The van der Waals surface area contributed by atoms with Crippen molar-refractivity contribution in [1.29, 1.82) is 0 Å². The molecule has 3 N–H and O–H groups in total. The fraction of sp³-hybridized carbons (Fsp3) is 0.643. The molecule has 1 amide bonds. The van der Waals surface area contributed by atoms with E-state index in [0.29, 0.717) is 30.1 Å². The summed E-state index contributed by atoms with van der Waals surface area (Å²) < 4.78 is 1.94. The van der Waals surface area contributed by atoms with Gasteiger partial charge in [0.15, 0.2) is 5.65 Å². The Kier molecular flexibility index (Phi) is 8.68. The number of anilines is 1. The van der Waals surface area contributed by atoms with Gasteiger partial charge in [-0.25, -0.2) is 24.2 Å². The first-order valence-electron chi connectivity index (χ1n) is 13.8. The first-order chi connectivity index (χ1) is 18.5. The Morgan fingerprint density at radius 3 is 2.03 bits per heavy atom. The van der Waals surface area contributed by atoms with Gasteiger partial charge in [0.25, 0.3) is 0 Å². The van der Waals surface area contributed by atoms with Crippen LogP contribution in [0.25, 0.3) is 11.0 Å². The molecule has 39 heavy (non-hydrogen) atoms. The van der Waals surface area contributed by atoms with Crippen LogP contribution in [0.1, 0.15) is 66.2 Å². The van der Waals surface area contributed by atoms with Crippen LogP contribution in [-0.4, -0.2) is 71.3 Å². The van der Waals surface area contributed by atoms with Crippen LogP contribution in [0.15, 0.2) is 24.7 Å². The molecule has 0 atom stereocenters. The quantitative estimate of drug-likeness (QED) is 0.403. The van der Waals surface area contributed by atoms with Gasteiger partial charge in [-0.2, -0.15) is 5.10 Å². The number of carbonyl (C=O) groups excluding carboxylic acids is 1. The molecule has 11 nitrogen and oxygen atoms in total. The number of nitrogens with zero attached hydrogens (tertiary/aromatic N) is 5. The molecule has 11 heteroatoms. The van der Waals surface area contributed by atoms with Gasteiger partial charge in [-0.05, 0) is 84.0 Å². The smallest absolute Gasteiger partial charge is 0.328 e. The fourth-order valence-electron chi connectivity index (χ4n) is 7.25. The second-order valence-electron chi connectivity index (χ2n) is 11.9. The predicted octanol–water partition coefficient (Wildman–Crippen LogP) is 3.81. The minimum absolute atomic E-state index is 0.171. The molecule has 4 aliphatic rings. The van der Waals surface area contributed by atoms with Gasteiger partial charge in [0.1, 0.15) is 12.1 Å². The normalized spacial score (nSPS) is 25.5. The molecule has 0 aliphatic heterocycles. The Bertz CT molecular complexity index is 1180. The van der Waals surface area contributed by atoms with Crippen molar-refractivity contribution in [3.8, 4) is 0 Å². The van der Waals surface area contributed by atoms with Gasteiger partial charge in [-0.15, -0.1) is 0 Å². The summed E-state index contributed by atoms with van der Waals surface area (Å²) in [5, 5.41) is 24.2. The van der Waals surface area contributed by atoms with Crippen molar-refractivity contribution in [2.24, 2.45) is 23.2 Å². The minimum atomic E-state index is -1.26. The molecule has 4 fully saturated rings. The first-order valence-corrected chi connectivity index (χ1v) is 13.8. The summed E-state index contributed by atoms with van der Waals surface area (Å²) in [5.74, 6) is 0.506. The van der Waals surface area contributed by atoms with Crippen LogP contribution in [0.3, 0.4) is 0 Å². The average molecular weight is 541 g/mol. The number of carboxylic acids is 2. The van der Waals surface area contributed by atoms with E-state index in [0.717, 1.165) is 61.1 Å². The largest absolute Gasteiger partial charge is 0.478 e. The Labute approximate surface area is 228 Å². The van der Waals surface area contributed by atoms with Crippen LogP contribution in [0.4, 0.5) is 5.82 Å². The maximum atomic E-state index is 13.5. The van der Waals surface area contributed by atoms with E-state index < -0.39 is 11.9 Å². The standard InChI is InChI=1S/C24H36N6O.C4H4O4/c1-15(2)29(16(3)4)5-6-30-22-20(13-27-30)21(25-14-26-22)28-23(31)24-10-17-7-18(11-24)9-19(8-17)12-24;5-3(6)1-2-4(7)8/h13-19H,5-12H2,1-4H3,(H,25,26,28,31);1-2H,(H,5,6)(H,7,8)/b;2-1-. The summed E-state index contributed by atoms with van der Waals surface area (Å²) in [7, 11) is 0. The molecule has 6 rings (SSSR count). The monoisotopic (exact) mass is 540 g/mol. The second-order valence-corrected chi connectivity index (χ2v) is 11.9. The van der Waals surface area contributed by atoms with E-state index in [1.807, 2.05) is 4.68 Å². The minimum Gasteiger partial charge on any atom is -0.478 e. The lowest BCUT2D eigenvalue weighted by Gasteiger charge is -2.55. The van der Waals surface area contributed by atoms with Gasteiger partial charge >= 0.3 is 11.9 Å². The Morgan fingerprint density at radius 1 is 1.00 bits per heavy atom. The molecule has 212 valence electrons. The number of rotatable bonds is 9. The van der Waals surface area contributed by atoms with E-state index in [4.69, 9.17) is 10.2 Å². The van der Waals surface area contributed by atoms with E-state index >= 15 is 0 Å². The van der Waals surface area contributed by atoms with E-state index in [2.05, 4.69) is 53.0 Å². The van der Waals surface area contributed by atoms with E-state index in [9.17, 15) is 14.4 Å². The highest BCUT2D eigenvalue weighted by Crippen LogP contribution is 2.60. The molecule has 0 saturated heterocycles. The van der Waals surface area contributed by atoms with Crippen LogP contribution in [0.2, 0.25) is 0 Å². The molecule has 0 radical (unpaired) electrons. The number of fused-ring (bicyclic) bond motifs is 1. The lowest BCUT2D eigenvalue weighted by atomic mass is 9.49. The molecule has 4 bridgehead atoms. The Balaban J connectivity index is 0.000000386. The average Bonchev–Trinajstić information content (AvgIpc) is 3.26. The van der Waals surface area contributed by atoms with Gasteiger partial charge < -0.3 is 15.5 Å². The van der Waals surface area contributed by atoms with Crippen molar-refractivity contribution in [2.45, 2.75) is 84.8 Å². The van der Waals surface area contributed by atoms with Crippen LogP contribution in [-0.2, 0) is 20.9 Å². The van der Waals surface area contributed by atoms with E-state index in [-0.39, 0.29) is 11.3 Å². The van der Waals surface area contributed by atoms with Crippen molar-refractivity contribution in [1.82, 2.24) is 24.6 Å². The number of carboxylic acid groups (broad SMARTS) is 2. The number of hydrogen-bond acceptors (Lipinski definition) is 7. The number of nitrogens with one attached hydrogen (secondary N) is 1. The number of hydrogen-bond donors (Lipinski definition) is 3. The van der Waals surface area contributed by atoms with E-state index in [1.54, 1.807) is 12.5 Å². The zero-order valence-corrected chi connectivity index (χ0v) is 23.2. The third-order valence-corrected chi connectivity index (χ3v) is 8.45. The molecule has 4 saturated carbocycles. The summed E-state index contributed by atoms with van der Waals surface area (Å²) in [6, 6.07) is 0.957. The summed E-state index contributed by atoms with van der Waals surface area (Å²) >= 11 is 0. The molecule has 0 spiro atoms. The fourth-order valence-corrected chi connectivity index (χ4v) is 7.25. The highest BCUT2D eigenvalue weighted by molar-refractivity contribution is 6.01. The van der Waals surface area contributed by atoms with Crippen LogP contribution < -0.4 is 5.32 Å². The molecule has 2 heterocycles. The van der Waals surface area contributed by atoms with Crippen molar-refractivity contribution >= 4 is 34.7 Å². The topological polar surface area (TPSA) is 151 Å². The summed E-state index contributed by atoms with van der Waals surface area (Å²) in [6.07, 6.45) is 11.6. The third kappa shape index (κ3) is 6.63. The second kappa shape index (κ2) is 11.8. The summed E-state index contributed by atoms with van der Waals surface area (Å²) in [5.41, 5.74) is 0.611. The first kappa shape index (κ1) is 28.7. The maximum absolute atomic E-state index is 13.5. The summed E-state index contributed by atoms with van der Waals surface area (Å²) in [6.45, 7) is 10.6. The van der Waals surface area contributed by atoms with Gasteiger partial charge in [0.2, 0.25) is 5.91 Å². The maximum Gasteiger partial charge on any atom is 0.328 e. The zero-order chi connectivity index (χ0) is 28.3.